The first-order valence-corrected chi connectivity index (χ1v) is 11.5. The summed E-state index contributed by atoms with van der Waals surface area (Å²) in [7, 11) is 0. The molecular formula is C25H13ClF8N4O2. The lowest BCUT2D eigenvalue weighted by molar-refractivity contribution is -0.137. The number of amides is 2. The number of rotatable bonds is 4. The molecule has 4 aromatic rings. The lowest BCUT2D eigenvalue weighted by Crippen LogP contribution is -2.21. The average Bonchev–Trinajstić information content (AvgIpc) is 3.39. The van der Waals surface area contributed by atoms with Gasteiger partial charge >= 0.3 is 12.4 Å². The van der Waals surface area contributed by atoms with Crippen molar-refractivity contribution in [1.29, 1.82) is 0 Å². The number of imidazole rings is 1. The van der Waals surface area contributed by atoms with Crippen molar-refractivity contribution in [1.82, 2.24) is 14.7 Å². The molecule has 0 saturated heterocycles. The standard InChI is InChI=1S/C25H13ClF8N4O2/c26-16-2-1-12(27)6-15(16)20-18-17(36-22(39)10-3-11(25(32,33)34)5-13(28)4-10)9-38-14(7-24(29,30)31)8-35-21(38)19(18)23(40)37-20/h1-6,8-9,20H,7H2,(H,36,39)(H,37,40). The van der Waals surface area contributed by atoms with Crippen molar-refractivity contribution in [2.75, 3.05) is 5.32 Å². The minimum absolute atomic E-state index is 0.0146. The van der Waals surface area contributed by atoms with Gasteiger partial charge < -0.3 is 15.0 Å². The van der Waals surface area contributed by atoms with E-state index in [9.17, 15) is 44.7 Å². The molecule has 208 valence electrons. The van der Waals surface area contributed by atoms with Gasteiger partial charge in [0.05, 0.1) is 35.0 Å². The third kappa shape index (κ3) is 5.06. The minimum Gasteiger partial charge on any atom is -0.341 e. The highest BCUT2D eigenvalue weighted by Gasteiger charge is 2.39. The second kappa shape index (κ2) is 9.47. The summed E-state index contributed by atoms with van der Waals surface area (Å²) in [6.07, 6.45) is -9.29. The molecule has 1 atom stereocenters. The average molecular weight is 589 g/mol. The van der Waals surface area contributed by atoms with Gasteiger partial charge in [-0.15, -0.1) is 0 Å². The molecule has 3 heterocycles. The van der Waals surface area contributed by atoms with Gasteiger partial charge in [-0.25, -0.2) is 13.8 Å². The summed E-state index contributed by atoms with van der Waals surface area (Å²) in [6, 6.07) is 3.06. The van der Waals surface area contributed by atoms with Gasteiger partial charge in [0.2, 0.25) is 0 Å². The summed E-state index contributed by atoms with van der Waals surface area (Å²) >= 11 is 6.22. The molecule has 2 aromatic heterocycles. The van der Waals surface area contributed by atoms with Crippen LogP contribution in [0.15, 0.2) is 48.8 Å². The topological polar surface area (TPSA) is 75.5 Å². The maximum absolute atomic E-state index is 14.1. The number of fused-ring (bicyclic) bond motifs is 3. The Bertz CT molecular complexity index is 1700. The van der Waals surface area contributed by atoms with Gasteiger partial charge in [0, 0.05) is 34.1 Å². The van der Waals surface area contributed by atoms with Crippen molar-refractivity contribution >= 4 is 34.7 Å². The quantitative estimate of drug-likeness (QED) is 0.268. The smallest absolute Gasteiger partial charge is 0.341 e. The molecular weight excluding hydrogens is 576 g/mol. The summed E-state index contributed by atoms with van der Waals surface area (Å²) in [5.74, 6) is -4.24. The molecule has 5 rings (SSSR count). The van der Waals surface area contributed by atoms with Gasteiger partial charge in [-0.2, -0.15) is 26.3 Å². The van der Waals surface area contributed by atoms with Crippen LogP contribution in [0, 0.1) is 11.6 Å². The van der Waals surface area contributed by atoms with Crippen LogP contribution in [0.3, 0.4) is 0 Å². The third-order valence-corrected chi connectivity index (χ3v) is 6.44. The fourth-order valence-electron chi connectivity index (χ4n) is 4.46. The first-order valence-electron chi connectivity index (χ1n) is 11.2. The van der Waals surface area contributed by atoms with Gasteiger partial charge in [-0.1, -0.05) is 11.6 Å². The van der Waals surface area contributed by atoms with E-state index >= 15 is 0 Å². The van der Waals surface area contributed by atoms with Crippen molar-refractivity contribution in [3.8, 4) is 0 Å². The van der Waals surface area contributed by atoms with Crippen LogP contribution >= 0.6 is 11.6 Å². The molecule has 1 unspecified atom stereocenters. The molecule has 2 N–H and O–H groups in total. The van der Waals surface area contributed by atoms with Crippen LogP contribution < -0.4 is 10.6 Å². The molecule has 2 amide bonds. The molecule has 0 fully saturated rings. The highest BCUT2D eigenvalue weighted by Crippen LogP contribution is 2.41. The Morgan fingerprint density at radius 2 is 1.77 bits per heavy atom. The number of aromatic nitrogens is 2. The Labute approximate surface area is 223 Å². The second-order valence-corrected chi connectivity index (χ2v) is 9.23. The van der Waals surface area contributed by atoms with Gasteiger partial charge in [0.25, 0.3) is 11.8 Å². The van der Waals surface area contributed by atoms with Crippen LogP contribution in [-0.4, -0.2) is 27.4 Å². The number of carbonyl (C=O) groups is 2. The van der Waals surface area contributed by atoms with Crippen LogP contribution in [0.1, 0.15) is 49.1 Å². The van der Waals surface area contributed by atoms with E-state index in [-0.39, 0.29) is 39.1 Å². The van der Waals surface area contributed by atoms with Crippen molar-refractivity contribution in [2.45, 2.75) is 24.8 Å². The Hall–Kier alpha value is -4.20. The molecule has 0 bridgehead atoms. The van der Waals surface area contributed by atoms with Gasteiger partial charge in [0.15, 0.2) is 0 Å². The monoisotopic (exact) mass is 588 g/mol. The molecule has 0 saturated carbocycles. The second-order valence-electron chi connectivity index (χ2n) is 8.82. The minimum atomic E-state index is -4.99. The lowest BCUT2D eigenvalue weighted by atomic mass is 9.97. The summed E-state index contributed by atoms with van der Waals surface area (Å²) < 4.78 is 108. The van der Waals surface area contributed by atoms with Crippen LogP contribution in [0.25, 0.3) is 5.65 Å². The summed E-state index contributed by atoms with van der Waals surface area (Å²) in [5, 5.41) is 4.76. The molecule has 1 aliphatic rings. The van der Waals surface area contributed by atoms with Crippen LogP contribution in [0.4, 0.5) is 40.8 Å². The molecule has 1 aliphatic heterocycles. The molecule has 0 spiro atoms. The number of pyridine rings is 1. The van der Waals surface area contributed by atoms with E-state index in [1.165, 1.54) is 6.07 Å². The lowest BCUT2D eigenvalue weighted by Gasteiger charge is -2.19. The van der Waals surface area contributed by atoms with Gasteiger partial charge in [-0.05, 0) is 36.4 Å². The van der Waals surface area contributed by atoms with Crippen LogP contribution in [-0.2, 0) is 12.6 Å². The predicted octanol–water partition coefficient (Wildman–Crippen LogP) is 6.47. The first kappa shape index (κ1) is 27.4. The Kier molecular flexibility index (Phi) is 6.48. The Morgan fingerprint density at radius 3 is 2.45 bits per heavy atom. The number of nitrogens with one attached hydrogen (secondary N) is 2. The number of hydrogen-bond acceptors (Lipinski definition) is 3. The maximum atomic E-state index is 14.1. The molecule has 0 aliphatic carbocycles. The number of nitrogens with zero attached hydrogens (tertiary/aromatic N) is 2. The fourth-order valence-corrected chi connectivity index (χ4v) is 4.69. The maximum Gasteiger partial charge on any atom is 0.416 e. The number of anilines is 1. The normalized spacial score (nSPS) is 15.3. The number of hydrogen-bond donors (Lipinski definition) is 2. The van der Waals surface area contributed by atoms with Crippen LogP contribution in [0.5, 0.6) is 0 Å². The molecule has 2 aromatic carbocycles. The van der Waals surface area contributed by atoms with Crippen molar-refractivity contribution in [3.63, 3.8) is 0 Å². The van der Waals surface area contributed by atoms with E-state index in [4.69, 9.17) is 11.6 Å². The highest BCUT2D eigenvalue weighted by atomic mass is 35.5. The van der Waals surface area contributed by atoms with Crippen LogP contribution in [0.2, 0.25) is 5.02 Å². The summed E-state index contributed by atoms with van der Waals surface area (Å²) in [5.41, 5.74) is -3.57. The van der Waals surface area contributed by atoms with E-state index < -0.39 is 65.1 Å². The fraction of sp³-hybridized carbons (Fsp3) is 0.160. The number of benzene rings is 2. The zero-order chi connectivity index (χ0) is 29.1. The molecule has 6 nitrogen and oxygen atoms in total. The summed E-state index contributed by atoms with van der Waals surface area (Å²) in [4.78, 5) is 30.0. The zero-order valence-corrected chi connectivity index (χ0v) is 20.3. The number of alkyl halides is 6. The van der Waals surface area contributed by atoms with E-state index in [1.54, 1.807) is 0 Å². The Morgan fingerprint density at radius 1 is 1.05 bits per heavy atom. The van der Waals surface area contributed by atoms with Crippen molar-refractivity contribution < 1.29 is 44.7 Å². The molecule has 0 radical (unpaired) electrons. The van der Waals surface area contributed by atoms with E-state index in [1.807, 2.05) is 0 Å². The zero-order valence-electron chi connectivity index (χ0n) is 19.5. The van der Waals surface area contributed by atoms with Gasteiger partial charge in [-0.3, -0.25) is 9.59 Å². The highest BCUT2D eigenvalue weighted by molar-refractivity contribution is 6.31. The largest absolute Gasteiger partial charge is 0.416 e. The molecule has 15 heteroatoms. The Balaban J connectivity index is 1.70. The van der Waals surface area contributed by atoms with Crippen molar-refractivity contribution in [3.05, 3.63) is 99.0 Å². The van der Waals surface area contributed by atoms with Gasteiger partial charge in [0.1, 0.15) is 17.3 Å². The predicted molar refractivity (Wildman–Crippen MR) is 125 cm³/mol. The molecule has 40 heavy (non-hydrogen) atoms. The SMILES string of the molecule is O=C(Nc1cn2c(CC(F)(F)F)cnc2c2c1C(c1cc(F)ccc1Cl)NC2=O)c1cc(F)cc(C(F)(F)F)c1. The number of carbonyl (C=O) groups excluding carboxylic acids is 2. The summed E-state index contributed by atoms with van der Waals surface area (Å²) in [6.45, 7) is 0. The van der Waals surface area contributed by atoms with E-state index in [0.29, 0.717) is 12.1 Å². The third-order valence-electron chi connectivity index (χ3n) is 6.09. The van der Waals surface area contributed by atoms with Crippen molar-refractivity contribution in [2.24, 2.45) is 0 Å². The number of halogens is 9. The first-order chi connectivity index (χ1) is 18.6. The van der Waals surface area contributed by atoms with E-state index in [2.05, 4.69) is 15.6 Å². The van der Waals surface area contributed by atoms with E-state index in [0.717, 1.165) is 28.9 Å².